The summed E-state index contributed by atoms with van der Waals surface area (Å²) in [5, 5.41) is 15.4. The summed E-state index contributed by atoms with van der Waals surface area (Å²) in [6.07, 6.45) is 0.112. The molecule has 5 heteroatoms. The van der Waals surface area contributed by atoms with Crippen molar-refractivity contribution in [3.63, 3.8) is 0 Å². The van der Waals surface area contributed by atoms with Gasteiger partial charge in [-0.1, -0.05) is 19.9 Å². The maximum atomic E-state index is 9.99. The van der Waals surface area contributed by atoms with Crippen LogP contribution < -0.4 is 5.73 Å². The van der Waals surface area contributed by atoms with Gasteiger partial charge in [-0.15, -0.1) is 0 Å². The highest BCUT2D eigenvalue weighted by atomic mass is 16.4. The average molecular weight is 175 g/mol. The Morgan fingerprint density at radius 1 is 1.42 bits per heavy atom. The van der Waals surface area contributed by atoms with Gasteiger partial charge in [0.2, 0.25) is 0 Å². The summed E-state index contributed by atoms with van der Waals surface area (Å²) < 4.78 is 0. The topological polar surface area (TPSA) is 101 Å². The predicted octanol–water partition coefficient (Wildman–Crippen LogP) is 1.05. The van der Waals surface area contributed by atoms with Crippen LogP contribution in [0.2, 0.25) is 0 Å². The maximum Gasteiger partial charge on any atom is 0.402 e. The van der Waals surface area contributed by atoms with Gasteiger partial charge in [0.25, 0.3) is 0 Å². The molecule has 12 heavy (non-hydrogen) atoms. The molecule has 0 saturated carbocycles. The van der Waals surface area contributed by atoms with Crippen LogP contribution in [0.3, 0.4) is 0 Å². The number of hydrogen-bond acceptors (Lipinski definition) is 2. The zero-order chi connectivity index (χ0) is 10.1. The number of rotatable bonds is 3. The molecular weight excluding hydrogens is 162 g/mol. The highest BCUT2D eigenvalue weighted by molar-refractivity contribution is 5.85. The Hall–Kier alpha value is -1.52. The Balaban J connectivity index is 0. The maximum absolute atomic E-state index is 9.99. The van der Waals surface area contributed by atoms with Gasteiger partial charge >= 0.3 is 12.1 Å². The second kappa shape index (κ2) is 7.59. The fourth-order valence-electron chi connectivity index (χ4n) is 0.409. The van der Waals surface area contributed by atoms with E-state index >= 15 is 0 Å². The van der Waals surface area contributed by atoms with Crippen LogP contribution in [0.5, 0.6) is 0 Å². The minimum Gasteiger partial charge on any atom is -0.478 e. The molecule has 0 aliphatic carbocycles. The zero-order valence-electron chi connectivity index (χ0n) is 6.91. The summed E-state index contributed by atoms with van der Waals surface area (Å²) >= 11 is 0. The molecule has 0 unspecified atom stereocenters. The smallest absolute Gasteiger partial charge is 0.402 e. The average Bonchev–Trinajstić information content (AvgIpc) is 1.86. The summed E-state index contributed by atoms with van der Waals surface area (Å²) in [4.78, 5) is 18.8. The summed E-state index contributed by atoms with van der Waals surface area (Å²) in [5.41, 5.74) is 4.33. The standard InChI is InChI=1S/C6H10O2.CH3NO2/c1-3-4-5(2)6(7)8;2-1(3)4/h2-4H2,1H3,(H,7,8);2H2,(H,3,4). The van der Waals surface area contributed by atoms with Gasteiger partial charge in [0.05, 0.1) is 0 Å². The number of aliphatic carboxylic acids is 1. The van der Waals surface area contributed by atoms with Crippen LogP contribution in [0, 0.1) is 0 Å². The van der Waals surface area contributed by atoms with Crippen molar-refractivity contribution in [1.82, 2.24) is 0 Å². The molecule has 70 valence electrons. The van der Waals surface area contributed by atoms with E-state index in [1.165, 1.54) is 0 Å². The molecule has 0 fully saturated rings. The van der Waals surface area contributed by atoms with Crippen molar-refractivity contribution in [2.24, 2.45) is 5.73 Å². The Morgan fingerprint density at radius 3 is 1.83 bits per heavy atom. The van der Waals surface area contributed by atoms with Crippen molar-refractivity contribution < 1.29 is 19.8 Å². The van der Waals surface area contributed by atoms with Crippen LogP contribution in [-0.2, 0) is 4.79 Å². The first kappa shape index (κ1) is 13.1. The first-order chi connectivity index (χ1) is 5.41. The molecule has 0 aliphatic rings. The summed E-state index contributed by atoms with van der Waals surface area (Å²) in [6, 6.07) is 0. The van der Waals surface area contributed by atoms with Gasteiger partial charge < -0.3 is 15.9 Å². The van der Waals surface area contributed by atoms with E-state index in [4.69, 9.17) is 15.0 Å². The molecule has 4 N–H and O–H groups in total. The minimum atomic E-state index is -1.33. The van der Waals surface area contributed by atoms with Crippen LogP contribution in [-0.4, -0.2) is 22.3 Å². The second-order valence-electron chi connectivity index (χ2n) is 2.00. The first-order valence-corrected chi connectivity index (χ1v) is 3.31. The van der Waals surface area contributed by atoms with E-state index in [2.05, 4.69) is 12.3 Å². The van der Waals surface area contributed by atoms with Gasteiger partial charge in [0.1, 0.15) is 0 Å². The molecule has 0 saturated heterocycles. The third-order valence-corrected chi connectivity index (χ3v) is 0.854. The highest BCUT2D eigenvalue weighted by Gasteiger charge is 1.99. The van der Waals surface area contributed by atoms with Crippen LogP contribution in [0.25, 0.3) is 0 Å². The van der Waals surface area contributed by atoms with E-state index in [0.29, 0.717) is 12.0 Å². The van der Waals surface area contributed by atoms with Crippen molar-refractivity contribution in [1.29, 1.82) is 0 Å². The largest absolute Gasteiger partial charge is 0.478 e. The van der Waals surface area contributed by atoms with Crippen molar-refractivity contribution >= 4 is 12.1 Å². The summed E-state index contributed by atoms with van der Waals surface area (Å²) in [5.74, 6) is -0.883. The van der Waals surface area contributed by atoms with Crippen molar-refractivity contribution in [2.75, 3.05) is 0 Å². The first-order valence-electron chi connectivity index (χ1n) is 3.31. The molecule has 0 aromatic heterocycles. The van der Waals surface area contributed by atoms with E-state index in [9.17, 15) is 4.79 Å². The van der Waals surface area contributed by atoms with Gasteiger partial charge in [0, 0.05) is 5.57 Å². The molecule has 0 bridgehead atoms. The Kier molecular flexibility index (Phi) is 8.28. The number of carbonyl (C=O) groups is 2. The van der Waals surface area contributed by atoms with Crippen LogP contribution in [0.1, 0.15) is 19.8 Å². The Labute approximate surface area is 70.5 Å². The lowest BCUT2D eigenvalue weighted by atomic mass is 10.2. The van der Waals surface area contributed by atoms with Crippen LogP contribution >= 0.6 is 0 Å². The normalized spacial score (nSPS) is 7.75. The second-order valence-corrected chi connectivity index (χ2v) is 2.00. The Morgan fingerprint density at radius 2 is 1.75 bits per heavy atom. The van der Waals surface area contributed by atoms with Crippen molar-refractivity contribution in [3.05, 3.63) is 12.2 Å². The fraction of sp³-hybridized carbons (Fsp3) is 0.429. The molecular formula is C7H13NO4. The van der Waals surface area contributed by atoms with Crippen molar-refractivity contribution in [3.8, 4) is 0 Å². The third-order valence-electron chi connectivity index (χ3n) is 0.854. The van der Waals surface area contributed by atoms with E-state index in [1.807, 2.05) is 6.92 Å². The predicted molar refractivity (Wildman–Crippen MR) is 43.9 cm³/mol. The Bertz CT molecular complexity index is 172. The van der Waals surface area contributed by atoms with Gasteiger partial charge in [-0.25, -0.2) is 9.59 Å². The molecule has 0 aromatic rings. The van der Waals surface area contributed by atoms with Gasteiger partial charge in [0.15, 0.2) is 0 Å². The number of primary amides is 1. The summed E-state index contributed by atoms with van der Waals surface area (Å²) in [7, 11) is 0. The van der Waals surface area contributed by atoms with E-state index in [0.717, 1.165) is 6.42 Å². The summed E-state index contributed by atoms with van der Waals surface area (Å²) in [6.45, 7) is 5.27. The number of carboxylic acid groups (broad SMARTS) is 2. The zero-order valence-corrected chi connectivity index (χ0v) is 6.91. The van der Waals surface area contributed by atoms with Crippen LogP contribution in [0.4, 0.5) is 4.79 Å². The third kappa shape index (κ3) is 15.8. The van der Waals surface area contributed by atoms with Crippen molar-refractivity contribution in [2.45, 2.75) is 19.8 Å². The molecule has 0 rings (SSSR count). The molecule has 0 spiro atoms. The van der Waals surface area contributed by atoms with Gasteiger partial charge in [-0.05, 0) is 6.42 Å². The van der Waals surface area contributed by atoms with E-state index < -0.39 is 12.1 Å². The lowest BCUT2D eigenvalue weighted by Gasteiger charge is -1.92. The fourth-order valence-corrected chi connectivity index (χ4v) is 0.409. The van der Waals surface area contributed by atoms with Crippen LogP contribution in [0.15, 0.2) is 12.2 Å². The SMILES string of the molecule is C=C(CCC)C(=O)O.NC(=O)O. The number of amides is 1. The van der Waals surface area contributed by atoms with Gasteiger partial charge in [-0.2, -0.15) is 0 Å². The lowest BCUT2D eigenvalue weighted by Crippen LogP contribution is -2.03. The van der Waals surface area contributed by atoms with E-state index in [-0.39, 0.29) is 0 Å². The molecule has 0 atom stereocenters. The minimum absolute atomic E-state index is 0.299. The number of hydrogen-bond donors (Lipinski definition) is 3. The lowest BCUT2D eigenvalue weighted by molar-refractivity contribution is -0.132. The molecule has 0 aromatic carbocycles. The number of carboxylic acids is 1. The molecule has 5 nitrogen and oxygen atoms in total. The molecule has 0 heterocycles. The molecule has 1 amide bonds. The molecule has 0 radical (unpaired) electrons. The quantitative estimate of drug-likeness (QED) is 0.558. The number of nitrogens with two attached hydrogens (primary N) is 1. The van der Waals surface area contributed by atoms with Gasteiger partial charge in [-0.3, -0.25) is 0 Å². The molecule has 0 aliphatic heterocycles. The monoisotopic (exact) mass is 175 g/mol. The highest BCUT2D eigenvalue weighted by Crippen LogP contribution is 1.99. The van der Waals surface area contributed by atoms with E-state index in [1.54, 1.807) is 0 Å².